The second kappa shape index (κ2) is 5.00. The molecule has 0 aliphatic carbocycles. The summed E-state index contributed by atoms with van der Waals surface area (Å²) in [5, 5.41) is 5.87. The van der Waals surface area contributed by atoms with Gasteiger partial charge in [0.2, 0.25) is 0 Å². The highest BCUT2D eigenvalue weighted by molar-refractivity contribution is 8.14. The van der Waals surface area contributed by atoms with E-state index in [1.54, 1.807) is 18.0 Å². The topological polar surface area (TPSA) is 37.3 Å². The zero-order valence-corrected chi connectivity index (χ0v) is 11.0. The van der Waals surface area contributed by atoms with Crippen molar-refractivity contribution in [1.29, 1.82) is 0 Å². The monoisotopic (exact) mass is 275 g/mol. The molecule has 0 unspecified atom stereocenters. The Morgan fingerprint density at radius 3 is 2.83 bits per heavy atom. The molecule has 5 heteroatoms. The first-order chi connectivity index (χ1) is 8.81. The van der Waals surface area contributed by atoms with Crippen LogP contribution in [0.15, 0.2) is 52.6 Å². The molecule has 2 aromatic rings. The summed E-state index contributed by atoms with van der Waals surface area (Å²) in [6.07, 6.45) is 1.80. The quantitative estimate of drug-likeness (QED) is 0.860. The molecule has 0 spiro atoms. The fourth-order valence-corrected chi connectivity index (χ4v) is 2.62. The Kier molecular flexibility index (Phi) is 3.21. The number of benzene rings is 1. The lowest BCUT2D eigenvalue weighted by atomic mass is 10.3. The molecule has 0 saturated carbocycles. The van der Waals surface area contributed by atoms with E-state index >= 15 is 0 Å². The summed E-state index contributed by atoms with van der Waals surface area (Å²) in [6.45, 7) is 0.673. The molecular weight excluding hydrogens is 266 g/mol. The standard InChI is InChI=1S/C13H10ClN3S/c14-10-3-5-11(6-4-10)17-13-16-8-9-2-1-7-15-12(9)18-13/h1-7H,8H2,(H,16,17). The first kappa shape index (κ1) is 11.6. The summed E-state index contributed by atoms with van der Waals surface area (Å²) in [5.41, 5.74) is 2.15. The summed E-state index contributed by atoms with van der Waals surface area (Å²) < 4.78 is 0. The SMILES string of the molecule is Clc1ccc(NC2=NCc3cccnc3S2)cc1. The second-order valence-corrected chi connectivity index (χ2v) is 5.24. The van der Waals surface area contributed by atoms with Crippen LogP contribution in [0.25, 0.3) is 0 Å². The van der Waals surface area contributed by atoms with Crippen molar-refractivity contribution in [1.82, 2.24) is 4.98 Å². The maximum atomic E-state index is 5.85. The van der Waals surface area contributed by atoms with Crippen LogP contribution in [0.3, 0.4) is 0 Å². The fraction of sp³-hybridized carbons (Fsp3) is 0.0769. The zero-order valence-electron chi connectivity index (χ0n) is 9.43. The summed E-state index contributed by atoms with van der Waals surface area (Å²) >= 11 is 7.40. The van der Waals surface area contributed by atoms with Gasteiger partial charge in [0, 0.05) is 22.5 Å². The Labute approximate surface area is 114 Å². The number of nitrogens with zero attached hydrogens (tertiary/aromatic N) is 2. The molecule has 90 valence electrons. The minimum Gasteiger partial charge on any atom is -0.335 e. The van der Waals surface area contributed by atoms with Gasteiger partial charge < -0.3 is 5.32 Å². The number of rotatable bonds is 1. The van der Waals surface area contributed by atoms with Crippen LogP contribution in [-0.2, 0) is 6.54 Å². The Balaban J connectivity index is 1.76. The molecule has 3 rings (SSSR count). The number of fused-ring (bicyclic) bond motifs is 1. The highest BCUT2D eigenvalue weighted by Crippen LogP contribution is 2.27. The Hall–Kier alpha value is -1.52. The van der Waals surface area contributed by atoms with Crippen LogP contribution in [-0.4, -0.2) is 10.2 Å². The molecule has 2 heterocycles. The van der Waals surface area contributed by atoms with Gasteiger partial charge in [-0.1, -0.05) is 17.7 Å². The van der Waals surface area contributed by atoms with E-state index in [1.807, 2.05) is 30.3 Å². The van der Waals surface area contributed by atoms with Crippen LogP contribution in [0.2, 0.25) is 5.02 Å². The van der Waals surface area contributed by atoms with Gasteiger partial charge >= 0.3 is 0 Å². The van der Waals surface area contributed by atoms with E-state index in [-0.39, 0.29) is 0 Å². The van der Waals surface area contributed by atoms with Gasteiger partial charge in [-0.15, -0.1) is 0 Å². The third kappa shape index (κ3) is 2.49. The largest absolute Gasteiger partial charge is 0.335 e. The van der Waals surface area contributed by atoms with Gasteiger partial charge in [0.15, 0.2) is 5.17 Å². The first-order valence-corrected chi connectivity index (χ1v) is 6.69. The molecular formula is C13H10ClN3S. The Morgan fingerprint density at radius 2 is 2.00 bits per heavy atom. The van der Waals surface area contributed by atoms with Gasteiger partial charge in [0.25, 0.3) is 0 Å². The van der Waals surface area contributed by atoms with Crippen LogP contribution < -0.4 is 5.32 Å². The number of pyridine rings is 1. The van der Waals surface area contributed by atoms with E-state index in [9.17, 15) is 0 Å². The van der Waals surface area contributed by atoms with E-state index in [1.165, 1.54) is 5.56 Å². The predicted molar refractivity (Wildman–Crippen MR) is 76.3 cm³/mol. The molecule has 18 heavy (non-hydrogen) atoms. The number of aromatic nitrogens is 1. The lowest BCUT2D eigenvalue weighted by Gasteiger charge is -2.15. The van der Waals surface area contributed by atoms with E-state index in [2.05, 4.69) is 21.4 Å². The molecule has 0 radical (unpaired) electrons. The van der Waals surface area contributed by atoms with Gasteiger partial charge in [-0.2, -0.15) is 0 Å². The van der Waals surface area contributed by atoms with Gasteiger partial charge in [-0.3, -0.25) is 4.99 Å². The van der Waals surface area contributed by atoms with Gasteiger partial charge in [0.1, 0.15) is 5.03 Å². The number of hydrogen-bond acceptors (Lipinski definition) is 4. The fourth-order valence-electron chi connectivity index (χ4n) is 1.64. The number of thioether (sulfide) groups is 1. The van der Waals surface area contributed by atoms with E-state index < -0.39 is 0 Å². The van der Waals surface area contributed by atoms with E-state index in [4.69, 9.17) is 11.6 Å². The van der Waals surface area contributed by atoms with Crippen molar-refractivity contribution in [2.24, 2.45) is 4.99 Å². The number of amidine groups is 1. The van der Waals surface area contributed by atoms with E-state index in [0.29, 0.717) is 6.54 Å². The molecule has 0 amide bonds. The van der Waals surface area contributed by atoms with Crippen molar-refractivity contribution in [2.75, 3.05) is 5.32 Å². The zero-order chi connectivity index (χ0) is 12.4. The number of nitrogens with one attached hydrogen (secondary N) is 1. The minimum absolute atomic E-state index is 0.673. The number of aliphatic imine (C=N–C) groups is 1. The third-order valence-electron chi connectivity index (χ3n) is 2.53. The molecule has 1 aromatic carbocycles. The van der Waals surface area contributed by atoms with Crippen LogP contribution in [0.4, 0.5) is 5.69 Å². The molecule has 1 aliphatic heterocycles. The maximum Gasteiger partial charge on any atom is 0.167 e. The lowest BCUT2D eigenvalue weighted by molar-refractivity contribution is 0.957. The number of anilines is 1. The Bertz CT molecular complexity index is 595. The molecule has 1 aromatic heterocycles. The average molecular weight is 276 g/mol. The number of halogens is 1. The van der Waals surface area contributed by atoms with Crippen LogP contribution in [0.5, 0.6) is 0 Å². The normalized spacial score (nSPS) is 13.7. The van der Waals surface area contributed by atoms with Gasteiger partial charge in [-0.25, -0.2) is 4.98 Å². The van der Waals surface area contributed by atoms with Crippen molar-refractivity contribution >= 4 is 34.2 Å². The van der Waals surface area contributed by atoms with Crippen molar-refractivity contribution in [3.05, 3.63) is 53.2 Å². The van der Waals surface area contributed by atoms with Crippen molar-refractivity contribution in [3.63, 3.8) is 0 Å². The molecule has 3 nitrogen and oxygen atoms in total. The molecule has 1 N–H and O–H groups in total. The maximum absolute atomic E-state index is 5.85. The molecule has 0 saturated heterocycles. The second-order valence-electron chi connectivity index (χ2n) is 3.82. The van der Waals surface area contributed by atoms with E-state index in [0.717, 1.165) is 20.9 Å². The van der Waals surface area contributed by atoms with Crippen LogP contribution in [0.1, 0.15) is 5.56 Å². The minimum atomic E-state index is 0.673. The molecule has 1 aliphatic rings. The van der Waals surface area contributed by atoms with Crippen molar-refractivity contribution < 1.29 is 0 Å². The average Bonchev–Trinajstić information content (AvgIpc) is 2.41. The van der Waals surface area contributed by atoms with Crippen LogP contribution in [0, 0.1) is 0 Å². The van der Waals surface area contributed by atoms with Gasteiger partial charge in [-0.05, 0) is 42.1 Å². The summed E-state index contributed by atoms with van der Waals surface area (Å²) in [4.78, 5) is 8.83. The predicted octanol–water partition coefficient (Wildman–Crippen LogP) is 3.81. The first-order valence-electron chi connectivity index (χ1n) is 5.50. The Morgan fingerprint density at radius 1 is 1.17 bits per heavy atom. The smallest absolute Gasteiger partial charge is 0.167 e. The molecule has 0 bridgehead atoms. The lowest BCUT2D eigenvalue weighted by Crippen LogP contribution is -2.12. The summed E-state index contributed by atoms with van der Waals surface area (Å²) in [6, 6.07) is 11.6. The van der Waals surface area contributed by atoms with Gasteiger partial charge in [0.05, 0.1) is 6.54 Å². The highest BCUT2D eigenvalue weighted by Gasteiger charge is 2.13. The summed E-state index contributed by atoms with van der Waals surface area (Å²) in [7, 11) is 0. The molecule has 0 fully saturated rings. The van der Waals surface area contributed by atoms with Crippen molar-refractivity contribution in [3.8, 4) is 0 Å². The molecule has 0 atom stereocenters. The van der Waals surface area contributed by atoms with Crippen LogP contribution >= 0.6 is 23.4 Å². The summed E-state index contributed by atoms with van der Waals surface area (Å²) in [5.74, 6) is 0. The third-order valence-corrected chi connectivity index (χ3v) is 3.77. The highest BCUT2D eigenvalue weighted by atomic mass is 35.5. The number of hydrogen-bond donors (Lipinski definition) is 1. The van der Waals surface area contributed by atoms with Crippen molar-refractivity contribution in [2.45, 2.75) is 11.6 Å².